The SMILES string of the molecule is COC(=O)CCC(=O)N1CCCN(C(=O)Cc2cccc(F)c2)CC1. The van der Waals surface area contributed by atoms with Crippen molar-refractivity contribution in [3.8, 4) is 0 Å². The van der Waals surface area contributed by atoms with Crippen molar-refractivity contribution in [1.29, 1.82) is 0 Å². The Bertz CT molecular complexity index is 635. The van der Waals surface area contributed by atoms with E-state index in [0.717, 1.165) is 0 Å². The first-order valence-corrected chi connectivity index (χ1v) is 8.36. The van der Waals surface area contributed by atoms with E-state index < -0.39 is 5.97 Å². The largest absolute Gasteiger partial charge is 0.469 e. The van der Waals surface area contributed by atoms with Crippen LogP contribution in [0.4, 0.5) is 4.39 Å². The maximum atomic E-state index is 13.2. The average Bonchev–Trinajstić information content (AvgIpc) is 2.85. The van der Waals surface area contributed by atoms with Crippen molar-refractivity contribution in [1.82, 2.24) is 9.80 Å². The summed E-state index contributed by atoms with van der Waals surface area (Å²) in [5, 5.41) is 0. The van der Waals surface area contributed by atoms with Crippen LogP contribution < -0.4 is 0 Å². The summed E-state index contributed by atoms with van der Waals surface area (Å²) < 4.78 is 17.8. The Kier molecular flexibility index (Phi) is 6.91. The Hall–Kier alpha value is -2.44. The third-order valence-electron chi connectivity index (χ3n) is 4.22. The van der Waals surface area contributed by atoms with Crippen LogP contribution in [0, 0.1) is 5.82 Å². The van der Waals surface area contributed by atoms with Gasteiger partial charge in [0.25, 0.3) is 0 Å². The van der Waals surface area contributed by atoms with E-state index >= 15 is 0 Å². The molecule has 0 spiro atoms. The molecule has 1 saturated heterocycles. The Morgan fingerprint density at radius 1 is 1.04 bits per heavy atom. The summed E-state index contributed by atoms with van der Waals surface area (Å²) in [5.74, 6) is -0.946. The fraction of sp³-hybridized carbons (Fsp3) is 0.500. The van der Waals surface area contributed by atoms with Gasteiger partial charge in [0.2, 0.25) is 11.8 Å². The molecular weight excluding hydrogens is 327 g/mol. The molecule has 1 aromatic rings. The lowest BCUT2D eigenvalue weighted by molar-refractivity contribution is -0.143. The third-order valence-corrected chi connectivity index (χ3v) is 4.22. The Balaban J connectivity index is 1.84. The molecule has 1 aromatic carbocycles. The highest BCUT2D eigenvalue weighted by Gasteiger charge is 2.22. The van der Waals surface area contributed by atoms with Crippen LogP contribution >= 0.6 is 0 Å². The van der Waals surface area contributed by atoms with Gasteiger partial charge in [0.05, 0.1) is 20.0 Å². The number of amides is 2. The van der Waals surface area contributed by atoms with Crippen molar-refractivity contribution in [3.63, 3.8) is 0 Å². The van der Waals surface area contributed by atoms with Crippen LogP contribution in [0.25, 0.3) is 0 Å². The minimum Gasteiger partial charge on any atom is -0.469 e. The topological polar surface area (TPSA) is 66.9 Å². The van der Waals surface area contributed by atoms with Gasteiger partial charge >= 0.3 is 5.97 Å². The highest BCUT2D eigenvalue weighted by Crippen LogP contribution is 2.10. The van der Waals surface area contributed by atoms with Gasteiger partial charge in [-0.3, -0.25) is 14.4 Å². The second kappa shape index (κ2) is 9.15. The minimum atomic E-state index is -0.407. The zero-order valence-electron chi connectivity index (χ0n) is 14.4. The Morgan fingerprint density at radius 3 is 2.36 bits per heavy atom. The van der Waals surface area contributed by atoms with Crippen LogP contribution in [0.1, 0.15) is 24.8 Å². The standard InChI is InChI=1S/C18H23FN2O4/c1-25-18(24)7-6-16(22)20-8-3-9-21(11-10-20)17(23)13-14-4-2-5-15(19)12-14/h2,4-5,12H,3,6-11,13H2,1H3. The van der Waals surface area contributed by atoms with Gasteiger partial charge in [-0.15, -0.1) is 0 Å². The molecule has 0 unspecified atom stereocenters. The highest BCUT2D eigenvalue weighted by atomic mass is 19.1. The summed E-state index contributed by atoms with van der Waals surface area (Å²) in [6.07, 6.45) is 1.00. The van der Waals surface area contributed by atoms with Crippen molar-refractivity contribution < 1.29 is 23.5 Å². The van der Waals surface area contributed by atoms with Crippen LogP contribution in [-0.4, -0.2) is 60.9 Å². The van der Waals surface area contributed by atoms with E-state index in [1.807, 2.05) is 0 Å². The van der Waals surface area contributed by atoms with E-state index in [-0.39, 0.29) is 36.9 Å². The van der Waals surface area contributed by atoms with Crippen LogP contribution in [0.15, 0.2) is 24.3 Å². The maximum absolute atomic E-state index is 13.2. The normalized spacial score (nSPS) is 14.8. The summed E-state index contributed by atoms with van der Waals surface area (Å²) in [7, 11) is 1.29. The van der Waals surface area contributed by atoms with E-state index in [0.29, 0.717) is 38.2 Å². The zero-order chi connectivity index (χ0) is 18.2. The third kappa shape index (κ3) is 5.85. The summed E-state index contributed by atoms with van der Waals surface area (Å²) in [5.41, 5.74) is 0.639. The molecule has 1 aliphatic heterocycles. The summed E-state index contributed by atoms with van der Waals surface area (Å²) in [4.78, 5) is 39.1. The number of benzene rings is 1. The molecule has 0 saturated carbocycles. The summed E-state index contributed by atoms with van der Waals surface area (Å²) >= 11 is 0. The molecule has 0 aromatic heterocycles. The van der Waals surface area contributed by atoms with E-state index in [9.17, 15) is 18.8 Å². The molecule has 1 aliphatic rings. The van der Waals surface area contributed by atoms with Crippen molar-refractivity contribution in [2.24, 2.45) is 0 Å². The number of ether oxygens (including phenoxy) is 1. The second-order valence-electron chi connectivity index (χ2n) is 6.00. The first-order valence-electron chi connectivity index (χ1n) is 8.36. The fourth-order valence-corrected chi connectivity index (χ4v) is 2.82. The number of methoxy groups -OCH3 is 1. The zero-order valence-corrected chi connectivity index (χ0v) is 14.4. The number of rotatable bonds is 5. The monoisotopic (exact) mass is 350 g/mol. The van der Waals surface area contributed by atoms with Gasteiger partial charge in [-0.1, -0.05) is 12.1 Å². The molecule has 0 atom stereocenters. The molecule has 25 heavy (non-hydrogen) atoms. The highest BCUT2D eigenvalue weighted by molar-refractivity contribution is 5.82. The molecule has 2 rings (SSSR count). The van der Waals surface area contributed by atoms with Gasteiger partial charge in [0, 0.05) is 32.6 Å². The lowest BCUT2D eigenvalue weighted by Gasteiger charge is -2.22. The van der Waals surface area contributed by atoms with Crippen molar-refractivity contribution in [2.75, 3.05) is 33.3 Å². The Morgan fingerprint density at radius 2 is 1.72 bits per heavy atom. The number of esters is 1. The fourth-order valence-electron chi connectivity index (χ4n) is 2.82. The van der Waals surface area contributed by atoms with Gasteiger partial charge in [-0.25, -0.2) is 4.39 Å². The minimum absolute atomic E-state index is 0.0635. The number of carbonyl (C=O) groups is 3. The van der Waals surface area contributed by atoms with Crippen molar-refractivity contribution in [3.05, 3.63) is 35.6 Å². The molecule has 0 radical (unpaired) electrons. The first kappa shape index (κ1) is 18.9. The molecule has 0 N–H and O–H groups in total. The molecule has 2 amide bonds. The van der Waals surface area contributed by atoms with E-state index in [1.165, 1.54) is 19.2 Å². The molecular formula is C18H23FN2O4. The van der Waals surface area contributed by atoms with Gasteiger partial charge in [-0.05, 0) is 24.1 Å². The molecule has 0 aliphatic carbocycles. The molecule has 136 valence electrons. The van der Waals surface area contributed by atoms with Crippen molar-refractivity contribution in [2.45, 2.75) is 25.7 Å². The number of hydrogen-bond acceptors (Lipinski definition) is 4. The van der Waals surface area contributed by atoms with E-state index in [2.05, 4.69) is 4.74 Å². The second-order valence-corrected chi connectivity index (χ2v) is 6.00. The quantitative estimate of drug-likeness (QED) is 0.753. The average molecular weight is 350 g/mol. The summed E-state index contributed by atoms with van der Waals surface area (Å²) in [6, 6.07) is 6.01. The van der Waals surface area contributed by atoms with Crippen molar-refractivity contribution >= 4 is 17.8 Å². The number of carbonyl (C=O) groups excluding carboxylic acids is 3. The predicted molar refractivity (Wildman–Crippen MR) is 89.1 cm³/mol. The van der Waals surface area contributed by atoms with Crippen LogP contribution in [-0.2, 0) is 25.5 Å². The van der Waals surface area contributed by atoms with Gasteiger partial charge in [-0.2, -0.15) is 0 Å². The van der Waals surface area contributed by atoms with Gasteiger partial charge in [0.1, 0.15) is 5.82 Å². The Labute approximate surface area is 146 Å². The number of hydrogen-bond donors (Lipinski definition) is 0. The lowest BCUT2D eigenvalue weighted by Crippen LogP contribution is -2.38. The first-order chi connectivity index (χ1) is 12.0. The molecule has 6 nitrogen and oxygen atoms in total. The maximum Gasteiger partial charge on any atom is 0.306 e. The van der Waals surface area contributed by atoms with Crippen LogP contribution in [0.3, 0.4) is 0 Å². The lowest BCUT2D eigenvalue weighted by atomic mass is 10.1. The van der Waals surface area contributed by atoms with Crippen LogP contribution in [0.2, 0.25) is 0 Å². The van der Waals surface area contributed by atoms with Gasteiger partial charge in [0.15, 0.2) is 0 Å². The number of nitrogens with zero attached hydrogens (tertiary/aromatic N) is 2. The van der Waals surface area contributed by atoms with E-state index in [4.69, 9.17) is 0 Å². The molecule has 1 fully saturated rings. The van der Waals surface area contributed by atoms with E-state index in [1.54, 1.807) is 21.9 Å². The molecule has 7 heteroatoms. The smallest absolute Gasteiger partial charge is 0.306 e. The molecule has 0 bridgehead atoms. The summed E-state index contributed by atoms with van der Waals surface area (Å²) in [6.45, 7) is 2.01. The predicted octanol–water partition coefficient (Wildman–Crippen LogP) is 1.38. The van der Waals surface area contributed by atoms with Gasteiger partial charge < -0.3 is 14.5 Å². The molecule has 1 heterocycles. The van der Waals surface area contributed by atoms with Crippen LogP contribution in [0.5, 0.6) is 0 Å². The number of halogens is 1.